The van der Waals surface area contributed by atoms with Crippen LogP contribution in [0.15, 0.2) is 65.2 Å². The molecule has 0 atom stereocenters. The first-order valence-electron chi connectivity index (χ1n) is 7.68. The quantitative estimate of drug-likeness (QED) is 0.566. The van der Waals surface area contributed by atoms with Gasteiger partial charge >= 0.3 is 0 Å². The Hall–Kier alpha value is -3.59. The molecule has 3 aromatic rings. The second kappa shape index (κ2) is 6.89. The van der Waals surface area contributed by atoms with E-state index in [4.69, 9.17) is 0 Å². The molecule has 0 aliphatic heterocycles. The van der Waals surface area contributed by atoms with Crippen molar-refractivity contribution in [2.45, 2.75) is 0 Å². The number of aliphatic hydroxyl groups is 1. The first-order chi connectivity index (χ1) is 12.1. The maximum atomic E-state index is 12.2. The maximum Gasteiger partial charge on any atom is 0.259 e. The molecule has 0 aliphatic rings. The van der Waals surface area contributed by atoms with Crippen molar-refractivity contribution in [2.75, 3.05) is 18.5 Å². The van der Waals surface area contributed by atoms with E-state index >= 15 is 0 Å². The fourth-order valence-corrected chi connectivity index (χ4v) is 2.54. The van der Waals surface area contributed by atoms with Gasteiger partial charge in [-0.25, -0.2) is 4.98 Å². The summed E-state index contributed by atoms with van der Waals surface area (Å²) in [5.41, 5.74) is 0.965. The number of rotatable bonds is 4. The van der Waals surface area contributed by atoms with Gasteiger partial charge in [0.1, 0.15) is 17.4 Å². The van der Waals surface area contributed by atoms with E-state index in [1.807, 2.05) is 36.4 Å². The van der Waals surface area contributed by atoms with Crippen LogP contribution in [0.4, 0.5) is 5.69 Å². The molecule has 0 saturated carbocycles. The highest BCUT2D eigenvalue weighted by Gasteiger charge is 2.14. The second-order valence-corrected chi connectivity index (χ2v) is 5.56. The van der Waals surface area contributed by atoms with Crippen LogP contribution in [0.2, 0.25) is 0 Å². The number of anilines is 1. The van der Waals surface area contributed by atoms with E-state index in [-0.39, 0.29) is 29.3 Å². The van der Waals surface area contributed by atoms with Crippen LogP contribution in [0.5, 0.6) is 0 Å². The summed E-state index contributed by atoms with van der Waals surface area (Å²) in [6.45, 7) is 0.115. The number of hydrogen-bond acceptors (Lipinski definition) is 5. The van der Waals surface area contributed by atoms with Gasteiger partial charge in [0.15, 0.2) is 5.82 Å². The van der Waals surface area contributed by atoms with E-state index in [0.717, 1.165) is 5.69 Å². The summed E-state index contributed by atoms with van der Waals surface area (Å²) in [6, 6.07) is 18.3. The third-order valence-corrected chi connectivity index (χ3v) is 3.83. The largest absolute Gasteiger partial charge is 0.509 e. The third-order valence-electron chi connectivity index (χ3n) is 3.83. The van der Waals surface area contributed by atoms with Crippen LogP contribution in [0.3, 0.4) is 0 Å². The van der Waals surface area contributed by atoms with Crippen molar-refractivity contribution < 1.29 is 5.11 Å². The zero-order chi connectivity index (χ0) is 17.8. The van der Waals surface area contributed by atoms with Crippen LogP contribution < -0.4 is 10.5 Å². The summed E-state index contributed by atoms with van der Waals surface area (Å²) in [4.78, 5) is 20.8. The molecular weight excluding hydrogens is 316 g/mol. The first-order valence-corrected chi connectivity index (χ1v) is 7.68. The smallest absolute Gasteiger partial charge is 0.259 e. The van der Waals surface area contributed by atoms with Crippen LogP contribution >= 0.6 is 0 Å². The molecule has 6 nitrogen and oxygen atoms in total. The lowest BCUT2D eigenvalue weighted by atomic mass is 10.2. The molecule has 6 heteroatoms. The van der Waals surface area contributed by atoms with Gasteiger partial charge in [0.05, 0.1) is 17.4 Å². The van der Waals surface area contributed by atoms with Crippen molar-refractivity contribution in [1.82, 2.24) is 9.97 Å². The highest BCUT2D eigenvalue weighted by molar-refractivity contribution is 5.81. The highest BCUT2D eigenvalue weighted by Crippen LogP contribution is 2.18. The number of aromatic amines is 1. The van der Waals surface area contributed by atoms with Crippen LogP contribution in [0.25, 0.3) is 16.5 Å². The normalized spacial score (nSPS) is 11.7. The fraction of sp³-hybridized carbons (Fsp3) is 0.105. The number of likely N-dealkylation sites (N-methyl/N-ethyl adjacent to an activating group) is 1. The Labute approximate surface area is 144 Å². The Kier molecular flexibility index (Phi) is 4.48. The van der Waals surface area contributed by atoms with Crippen molar-refractivity contribution in [3.8, 4) is 6.07 Å². The van der Waals surface area contributed by atoms with Gasteiger partial charge in [0.2, 0.25) is 0 Å². The van der Waals surface area contributed by atoms with E-state index in [9.17, 15) is 15.2 Å². The molecule has 0 aliphatic carbocycles. The number of para-hydroxylation sites is 2. The minimum atomic E-state index is -0.349. The molecule has 2 aromatic carbocycles. The lowest BCUT2D eigenvalue weighted by Crippen LogP contribution is -2.21. The van der Waals surface area contributed by atoms with Crippen molar-refractivity contribution in [3.63, 3.8) is 0 Å². The summed E-state index contributed by atoms with van der Waals surface area (Å²) < 4.78 is 0. The molecule has 124 valence electrons. The molecule has 25 heavy (non-hydrogen) atoms. The number of fused-ring (bicyclic) bond motifs is 1. The van der Waals surface area contributed by atoms with Gasteiger partial charge < -0.3 is 15.0 Å². The van der Waals surface area contributed by atoms with Gasteiger partial charge in [-0.2, -0.15) is 5.26 Å². The minimum absolute atomic E-state index is 0.0503. The predicted molar refractivity (Wildman–Crippen MR) is 97.2 cm³/mol. The SMILES string of the molecule is CN(CC(O)=C(C#N)c1nc2ccccc2c(=O)[nH]1)c1ccccc1. The summed E-state index contributed by atoms with van der Waals surface area (Å²) in [5, 5.41) is 20.3. The number of allylic oxidation sites excluding steroid dienone is 1. The number of H-pyrrole nitrogens is 1. The molecule has 0 spiro atoms. The van der Waals surface area contributed by atoms with Crippen LogP contribution in [-0.4, -0.2) is 28.7 Å². The topological polar surface area (TPSA) is 93.0 Å². The van der Waals surface area contributed by atoms with E-state index in [1.165, 1.54) is 0 Å². The summed E-state index contributed by atoms with van der Waals surface area (Å²) in [5.74, 6) is -0.0996. The Morgan fingerprint density at radius 2 is 1.88 bits per heavy atom. The van der Waals surface area contributed by atoms with Gasteiger partial charge in [-0.1, -0.05) is 30.3 Å². The first kappa shape index (κ1) is 16.3. The van der Waals surface area contributed by atoms with Crippen LogP contribution in [-0.2, 0) is 0 Å². The number of nitrogens with one attached hydrogen (secondary N) is 1. The number of aromatic nitrogens is 2. The molecule has 1 heterocycles. The average molecular weight is 332 g/mol. The van der Waals surface area contributed by atoms with Gasteiger partial charge in [-0.05, 0) is 24.3 Å². The van der Waals surface area contributed by atoms with E-state index in [0.29, 0.717) is 10.9 Å². The molecule has 0 radical (unpaired) electrons. The highest BCUT2D eigenvalue weighted by atomic mass is 16.3. The van der Waals surface area contributed by atoms with Gasteiger partial charge in [-0.3, -0.25) is 4.79 Å². The van der Waals surface area contributed by atoms with E-state index < -0.39 is 0 Å². The number of nitriles is 1. The zero-order valence-electron chi connectivity index (χ0n) is 13.6. The Balaban J connectivity index is 2.00. The molecule has 0 fully saturated rings. The van der Waals surface area contributed by atoms with Crippen LogP contribution in [0.1, 0.15) is 5.82 Å². The van der Waals surface area contributed by atoms with Crippen molar-refractivity contribution in [1.29, 1.82) is 5.26 Å². The fourth-order valence-electron chi connectivity index (χ4n) is 2.54. The van der Waals surface area contributed by atoms with Gasteiger partial charge in [0, 0.05) is 12.7 Å². The molecule has 0 amide bonds. The van der Waals surface area contributed by atoms with Crippen molar-refractivity contribution >= 4 is 22.2 Å². The summed E-state index contributed by atoms with van der Waals surface area (Å²) in [6.07, 6.45) is 0. The summed E-state index contributed by atoms with van der Waals surface area (Å²) in [7, 11) is 1.80. The molecule has 0 unspecified atom stereocenters. The summed E-state index contributed by atoms with van der Waals surface area (Å²) >= 11 is 0. The van der Waals surface area contributed by atoms with Crippen LogP contribution in [0, 0.1) is 11.3 Å². The maximum absolute atomic E-state index is 12.2. The number of nitrogens with zero attached hydrogens (tertiary/aromatic N) is 3. The Morgan fingerprint density at radius 3 is 2.60 bits per heavy atom. The lowest BCUT2D eigenvalue weighted by molar-refractivity contribution is 0.404. The number of hydrogen-bond donors (Lipinski definition) is 2. The second-order valence-electron chi connectivity index (χ2n) is 5.56. The molecular formula is C19H16N4O2. The standard InChI is InChI=1S/C19H16N4O2/c1-23(13-7-3-2-4-8-13)12-17(24)15(11-20)18-21-16-10-6-5-9-14(16)19(25)22-18/h2-10,24H,12H2,1H3,(H,21,22,25). The molecule has 3 rings (SSSR count). The Morgan fingerprint density at radius 1 is 1.20 bits per heavy atom. The predicted octanol–water partition coefficient (Wildman–Crippen LogP) is 2.85. The number of benzene rings is 2. The number of aliphatic hydroxyl groups excluding tert-OH is 1. The van der Waals surface area contributed by atoms with E-state index in [1.54, 1.807) is 36.2 Å². The van der Waals surface area contributed by atoms with Crippen molar-refractivity contribution in [3.05, 3.63) is 76.5 Å². The average Bonchev–Trinajstić information content (AvgIpc) is 2.63. The molecule has 1 aromatic heterocycles. The minimum Gasteiger partial charge on any atom is -0.509 e. The Bertz CT molecular complexity index is 1030. The lowest BCUT2D eigenvalue weighted by Gasteiger charge is -2.19. The third kappa shape index (κ3) is 3.35. The van der Waals surface area contributed by atoms with E-state index in [2.05, 4.69) is 9.97 Å². The molecule has 0 bridgehead atoms. The van der Waals surface area contributed by atoms with Gasteiger partial charge in [0.25, 0.3) is 5.56 Å². The van der Waals surface area contributed by atoms with Crippen molar-refractivity contribution in [2.24, 2.45) is 0 Å². The van der Waals surface area contributed by atoms with Gasteiger partial charge in [-0.15, -0.1) is 0 Å². The monoisotopic (exact) mass is 332 g/mol. The zero-order valence-corrected chi connectivity index (χ0v) is 13.6. The molecule has 0 saturated heterocycles. The molecule has 2 N–H and O–H groups in total.